The SMILES string of the molecule is C#CCNC(=O)CNC(=O)c1cc(-c2ccco2)nc2c1c(C)nn2C. The molecule has 132 valence electrons. The predicted molar refractivity (Wildman–Crippen MR) is 95.1 cm³/mol. The second-order valence-electron chi connectivity index (χ2n) is 5.60. The van der Waals surface area contributed by atoms with Crippen molar-refractivity contribution >= 4 is 22.8 Å². The number of pyridine rings is 1. The topological polar surface area (TPSA) is 102 Å². The van der Waals surface area contributed by atoms with Gasteiger partial charge in [-0.3, -0.25) is 14.3 Å². The van der Waals surface area contributed by atoms with Crippen LogP contribution >= 0.6 is 0 Å². The van der Waals surface area contributed by atoms with E-state index in [0.29, 0.717) is 33.7 Å². The Hall–Kier alpha value is -3.60. The van der Waals surface area contributed by atoms with Crippen LogP contribution < -0.4 is 10.6 Å². The third-order valence-corrected chi connectivity index (χ3v) is 3.78. The van der Waals surface area contributed by atoms with Crippen LogP contribution in [0.25, 0.3) is 22.5 Å². The van der Waals surface area contributed by atoms with Crippen molar-refractivity contribution < 1.29 is 14.0 Å². The lowest BCUT2D eigenvalue weighted by molar-refractivity contribution is -0.119. The van der Waals surface area contributed by atoms with Gasteiger partial charge in [0.05, 0.1) is 36.0 Å². The van der Waals surface area contributed by atoms with Crippen molar-refractivity contribution in [3.8, 4) is 23.8 Å². The Morgan fingerprint density at radius 1 is 1.38 bits per heavy atom. The molecule has 0 aliphatic carbocycles. The van der Waals surface area contributed by atoms with Crippen molar-refractivity contribution in [2.24, 2.45) is 7.05 Å². The van der Waals surface area contributed by atoms with Crippen molar-refractivity contribution in [3.05, 3.63) is 35.7 Å². The zero-order valence-corrected chi connectivity index (χ0v) is 14.4. The third-order valence-electron chi connectivity index (χ3n) is 3.78. The minimum atomic E-state index is -0.405. The van der Waals surface area contributed by atoms with E-state index in [1.54, 1.807) is 36.9 Å². The molecule has 26 heavy (non-hydrogen) atoms. The van der Waals surface area contributed by atoms with E-state index in [9.17, 15) is 9.59 Å². The van der Waals surface area contributed by atoms with E-state index in [-0.39, 0.29) is 19.0 Å². The quantitative estimate of drug-likeness (QED) is 0.668. The van der Waals surface area contributed by atoms with E-state index in [1.165, 1.54) is 6.26 Å². The van der Waals surface area contributed by atoms with Crippen LogP contribution in [0.3, 0.4) is 0 Å². The minimum Gasteiger partial charge on any atom is -0.463 e. The van der Waals surface area contributed by atoms with Gasteiger partial charge >= 0.3 is 0 Å². The van der Waals surface area contributed by atoms with Gasteiger partial charge in [-0.05, 0) is 25.1 Å². The number of aryl methyl sites for hydroxylation is 2. The molecule has 0 fully saturated rings. The number of furan rings is 1. The zero-order chi connectivity index (χ0) is 18.7. The second kappa shape index (κ2) is 7.11. The summed E-state index contributed by atoms with van der Waals surface area (Å²) in [5.74, 6) is 2.06. The van der Waals surface area contributed by atoms with Crippen molar-refractivity contribution in [2.45, 2.75) is 6.92 Å². The molecule has 0 aromatic carbocycles. The number of amides is 2. The number of fused-ring (bicyclic) bond motifs is 1. The van der Waals surface area contributed by atoms with Gasteiger partial charge < -0.3 is 15.1 Å². The van der Waals surface area contributed by atoms with E-state index >= 15 is 0 Å². The maximum atomic E-state index is 12.7. The summed E-state index contributed by atoms with van der Waals surface area (Å²) in [6.45, 7) is 1.73. The summed E-state index contributed by atoms with van der Waals surface area (Å²) in [7, 11) is 1.75. The van der Waals surface area contributed by atoms with Crippen LogP contribution in [0.1, 0.15) is 16.1 Å². The van der Waals surface area contributed by atoms with Crippen LogP contribution in [0.2, 0.25) is 0 Å². The van der Waals surface area contributed by atoms with E-state index in [2.05, 4.69) is 26.6 Å². The zero-order valence-electron chi connectivity index (χ0n) is 14.4. The maximum Gasteiger partial charge on any atom is 0.252 e. The largest absolute Gasteiger partial charge is 0.463 e. The Balaban J connectivity index is 1.97. The molecule has 2 amide bonds. The van der Waals surface area contributed by atoms with Crippen LogP contribution in [-0.4, -0.2) is 39.7 Å². The maximum absolute atomic E-state index is 12.7. The fourth-order valence-electron chi connectivity index (χ4n) is 2.64. The molecule has 0 aliphatic heterocycles. The number of aromatic nitrogens is 3. The fraction of sp³-hybridized carbons (Fsp3) is 0.222. The summed E-state index contributed by atoms with van der Waals surface area (Å²) in [4.78, 5) is 28.9. The summed E-state index contributed by atoms with van der Waals surface area (Å²) < 4.78 is 6.99. The summed E-state index contributed by atoms with van der Waals surface area (Å²) in [6.07, 6.45) is 6.62. The van der Waals surface area contributed by atoms with Gasteiger partial charge in [-0.25, -0.2) is 4.98 Å². The molecule has 8 heteroatoms. The van der Waals surface area contributed by atoms with Gasteiger partial charge in [0.1, 0.15) is 5.69 Å². The van der Waals surface area contributed by atoms with Crippen molar-refractivity contribution in [1.82, 2.24) is 25.4 Å². The minimum absolute atomic E-state index is 0.110. The molecular formula is C18H17N5O3. The van der Waals surface area contributed by atoms with E-state index in [0.717, 1.165) is 0 Å². The molecule has 3 heterocycles. The molecule has 3 aromatic rings. The van der Waals surface area contributed by atoms with Crippen LogP contribution in [0, 0.1) is 19.3 Å². The lowest BCUT2D eigenvalue weighted by Crippen LogP contribution is -2.37. The molecule has 3 aromatic heterocycles. The summed E-state index contributed by atoms with van der Waals surface area (Å²) in [5, 5.41) is 10.0. The number of hydrogen-bond donors (Lipinski definition) is 2. The standard InChI is InChI=1S/C18H17N5O3/c1-4-7-19-15(24)10-20-18(25)12-9-13(14-6-5-8-26-14)21-17-16(12)11(2)22-23(17)3/h1,5-6,8-9H,7,10H2,2-3H3,(H,19,24)(H,20,25). The Labute approximate surface area is 149 Å². The Bertz CT molecular complexity index is 1010. The number of rotatable bonds is 5. The van der Waals surface area contributed by atoms with E-state index in [1.807, 2.05) is 0 Å². The van der Waals surface area contributed by atoms with Gasteiger partial charge in [0.2, 0.25) is 5.91 Å². The molecule has 0 spiro atoms. The highest BCUT2D eigenvalue weighted by molar-refractivity contribution is 6.08. The summed E-state index contributed by atoms with van der Waals surface area (Å²) in [6, 6.07) is 5.13. The molecule has 0 saturated heterocycles. The van der Waals surface area contributed by atoms with E-state index < -0.39 is 5.91 Å². The first-order valence-corrected chi connectivity index (χ1v) is 7.88. The molecule has 0 bridgehead atoms. The highest BCUT2D eigenvalue weighted by atomic mass is 16.3. The van der Waals surface area contributed by atoms with Gasteiger partial charge in [-0.15, -0.1) is 6.42 Å². The predicted octanol–water partition coefficient (Wildman–Crippen LogP) is 1.02. The number of nitrogens with one attached hydrogen (secondary N) is 2. The van der Waals surface area contributed by atoms with Gasteiger partial charge in [0.15, 0.2) is 11.4 Å². The first kappa shape index (κ1) is 17.2. The van der Waals surface area contributed by atoms with Gasteiger partial charge in [-0.2, -0.15) is 5.10 Å². The molecule has 0 unspecified atom stereocenters. The number of terminal acetylenes is 1. The Morgan fingerprint density at radius 2 is 2.19 bits per heavy atom. The summed E-state index contributed by atoms with van der Waals surface area (Å²) >= 11 is 0. The van der Waals surface area contributed by atoms with Gasteiger partial charge in [-0.1, -0.05) is 5.92 Å². The lowest BCUT2D eigenvalue weighted by Gasteiger charge is -2.08. The monoisotopic (exact) mass is 351 g/mol. The highest BCUT2D eigenvalue weighted by Gasteiger charge is 2.20. The van der Waals surface area contributed by atoms with E-state index in [4.69, 9.17) is 10.8 Å². The molecule has 2 N–H and O–H groups in total. The van der Waals surface area contributed by atoms with Crippen molar-refractivity contribution in [3.63, 3.8) is 0 Å². The third kappa shape index (κ3) is 3.28. The molecule has 0 atom stereocenters. The molecule has 0 aliphatic rings. The average Bonchev–Trinajstić information content (AvgIpc) is 3.26. The number of carbonyl (C=O) groups is 2. The van der Waals surface area contributed by atoms with Crippen LogP contribution in [0.5, 0.6) is 0 Å². The first-order chi connectivity index (χ1) is 12.5. The van der Waals surface area contributed by atoms with Crippen LogP contribution in [-0.2, 0) is 11.8 Å². The Kier molecular flexibility index (Phi) is 4.71. The van der Waals surface area contributed by atoms with Crippen LogP contribution in [0.4, 0.5) is 0 Å². The molecule has 0 radical (unpaired) electrons. The molecule has 3 rings (SSSR count). The number of carbonyl (C=O) groups excluding carboxylic acids is 2. The van der Waals surface area contributed by atoms with Crippen LogP contribution in [0.15, 0.2) is 28.9 Å². The Morgan fingerprint density at radius 3 is 2.88 bits per heavy atom. The second-order valence-corrected chi connectivity index (χ2v) is 5.60. The highest BCUT2D eigenvalue weighted by Crippen LogP contribution is 2.26. The first-order valence-electron chi connectivity index (χ1n) is 7.88. The van der Waals surface area contributed by atoms with Gasteiger partial charge in [0.25, 0.3) is 5.91 Å². The molecule has 0 saturated carbocycles. The van der Waals surface area contributed by atoms with Crippen molar-refractivity contribution in [1.29, 1.82) is 0 Å². The molecular weight excluding hydrogens is 334 g/mol. The van der Waals surface area contributed by atoms with Crippen molar-refractivity contribution in [2.75, 3.05) is 13.1 Å². The van der Waals surface area contributed by atoms with Gasteiger partial charge in [0, 0.05) is 7.05 Å². The normalized spacial score (nSPS) is 10.5. The smallest absolute Gasteiger partial charge is 0.252 e. The number of nitrogens with zero attached hydrogens (tertiary/aromatic N) is 3. The fourth-order valence-corrected chi connectivity index (χ4v) is 2.64. The average molecular weight is 351 g/mol. The summed E-state index contributed by atoms with van der Waals surface area (Å²) in [5.41, 5.74) is 2.10. The molecule has 8 nitrogen and oxygen atoms in total. The lowest BCUT2D eigenvalue weighted by atomic mass is 10.1. The number of hydrogen-bond acceptors (Lipinski definition) is 5.